The number of hydrogen-bond acceptors (Lipinski definition) is 5. The summed E-state index contributed by atoms with van der Waals surface area (Å²) >= 11 is 1.49. The maximum Gasteiger partial charge on any atom is 0.127 e. The molecule has 5 heteroatoms. The van der Waals surface area contributed by atoms with Crippen LogP contribution in [0.3, 0.4) is 0 Å². The molecule has 2 aromatic rings. The molecule has 2 aromatic heterocycles. The van der Waals surface area contributed by atoms with Gasteiger partial charge in [0.25, 0.3) is 0 Å². The van der Waals surface area contributed by atoms with Crippen molar-refractivity contribution in [3.8, 4) is 10.6 Å². The van der Waals surface area contributed by atoms with E-state index in [1.165, 1.54) is 17.7 Å². The summed E-state index contributed by atoms with van der Waals surface area (Å²) in [5.41, 5.74) is 2.52. The van der Waals surface area contributed by atoms with Crippen LogP contribution >= 0.6 is 11.3 Å². The summed E-state index contributed by atoms with van der Waals surface area (Å²) < 4.78 is 0. The van der Waals surface area contributed by atoms with Crippen molar-refractivity contribution in [2.75, 3.05) is 0 Å². The Bertz CT molecular complexity index is 441. The molecule has 0 atom stereocenters. The molecule has 2 heterocycles. The third-order valence-corrected chi connectivity index (χ3v) is 2.78. The minimum absolute atomic E-state index is 0.0246. The van der Waals surface area contributed by atoms with E-state index in [2.05, 4.69) is 15.0 Å². The van der Waals surface area contributed by atoms with Gasteiger partial charge in [0.05, 0.1) is 23.6 Å². The van der Waals surface area contributed by atoms with Gasteiger partial charge in [-0.1, -0.05) is 0 Å². The van der Waals surface area contributed by atoms with Gasteiger partial charge in [-0.25, -0.2) is 15.0 Å². The molecular formula is C9H9N3OS. The fraction of sp³-hybridized carbons (Fsp3) is 0.222. The van der Waals surface area contributed by atoms with Crippen LogP contribution in [-0.2, 0) is 6.61 Å². The lowest BCUT2D eigenvalue weighted by molar-refractivity contribution is 0.278. The van der Waals surface area contributed by atoms with E-state index in [0.29, 0.717) is 5.69 Å². The smallest absolute Gasteiger partial charge is 0.127 e. The number of thiazole rings is 1. The second-order valence-corrected chi connectivity index (χ2v) is 3.68. The van der Waals surface area contributed by atoms with E-state index in [0.717, 1.165) is 16.3 Å². The zero-order chi connectivity index (χ0) is 9.97. The highest BCUT2D eigenvalue weighted by Crippen LogP contribution is 2.24. The Labute approximate surface area is 85.3 Å². The largest absolute Gasteiger partial charge is 0.390 e. The SMILES string of the molecule is Cc1ncncc1-c1nc(CO)cs1. The van der Waals surface area contributed by atoms with Crippen LogP contribution in [0.15, 0.2) is 17.9 Å². The van der Waals surface area contributed by atoms with Gasteiger partial charge in [0, 0.05) is 11.6 Å². The Morgan fingerprint density at radius 1 is 1.50 bits per heavy atom. The molecule has 0 aliphatic carbocycles. The maximum absolute atomic E-state index is 8.88. The number of nitrogens with zero attached hydrogens (tertiary/aromatic N) is 3. The number of aryl methyl sites for hydroxylation is 1. The third kappa shape index (κ3) is 1.64. The highest BCUT2D eigenvalue weighted by atomic mass is 32.1. The molecule has 2 rings (SSSR count). The summed E-state index contributed by atoms with van der Waals surface area (Å²) in [6, 6.07) is 0. The predicted octanol–water partition coefficient (Wildman–Crippen LogP) is 1.40. The van der Waals surface area contributed by atoms with Gasteiger partial charge in [-0.05, 0) is 6.92 Å². The molecule has 0 spiro atoms. The standard InChI is InChI=1S/C9H9N3OS/c1-6-8(2-10-5-11-6)9-12-7(3-13)4-14-9/h2,4-5,13H,3H2,1H3. The molecule has 0 saturated heterocycles. The molecule has 72 valence electrons. The van der Waals surface area contributed by atoms with E-state index in [1.807, 2.05) is 12.3 Å². The number of aliphatic hydroxyl groups excluding tert-OH is 1. The number of hydrogen-bond donors (Lipinski definition) is 1. The van der Waals surface area contributed by atoms with E-state index in [9.17, 15) is 0 Å². The number of aliphatic hydroxyl groups is 1. The van der Waals surface area contributed by atoms with Crippen molar-refractivity contribution in [1.29, 1.82) is 0 Å². The second kappa shape index (κ2) is 3.81. The molecule has 0 aromatic carbocycles. The monoisotopic (exact) mass is 207 g/mol. The van der Waals surface area contributed by atoms with Crippen molar-refractivity contribution in [1.82, 2.24) is 15.0 Å². The van der Waals surface area contributed by atoms with Crippen molar-refractivity contribution >= 4 is 11.3 Å². The molecule has 0 aliphatic heterocycles. The fourth-order valence-corrected chi connectivity index (χ4v) is 1.98. The quantitative estimate of drug-likeness (QED) is 0.808. The molecule has 0 bridgehead atoms. The Morgan fingerprint density at radius 3 is 3.00 bits per heavy atom. The molecule has 0 fully saturated rings. The van der Waals surface area contributed by atoms with Crippen LogP contribution in [0.1, 0.15) is 11.4 Å². The van der Waals surface area contributed by atoms with Gasteiger partial charge in [-0.15, -0.1) is 11.3 Å². The van der Waals surface area contributed by atoms with E-state index < -0.39 is 0 Å². The Balaban J connectivity index is 2.44. The summed E-state index contributed by atoms with van der Waals surface area (Å²) in [4.78, 5) is 12.3. The highest BCUT2D eigenvalue weighted by Gasteiger charge is 2.07. The summed E-state index contributed by atoms with van der Waals surface area (Å²) in [5.74, 6) is 0. The Kier molecular flexibility index (Phi) is 2.51. The van der Waals surface area contributed by atoms with Crippen molar-refractivity contribution in [2.45, 2.75) is 13.5 Å². The molecule has 14 heavy (non-hydrogen) atoms. The third-order valence-electron chi connectivity index (χ3n) is 1.86. The van der Waals surface area contributed by atoms with Crippen LogP contribution in [-0.4, -0.2) is 20.1 Å². The zero-order valence-corrected chi connectivity index (χ0v) is 8.45. The minimum Gasteiger partial charge on any atom is -0.390 e. The lowest BCUT2D eigenvalue weighted by Crippen LogP contribution is -1.89. The van der Waals surface area contributed by atoms with E-state index in [1.54, 1.807) is 6.20 Å². The highest BCUT2D eigenvalue weighted by molar-refractivity contribution is 7.13. The second-order valence-electron chi connectivity index (χ2n) is 2.82. The van der Waals surface area contributed by atoms with Gasteiger partial charge >= 0.3 is 0 Å². The van der Waals surface area contributed by atoms with E-state index >= 15 is 0 Å². The lowest BCUT2D eigenvalue weighted by Gasteiger charge is -1.98. The molecule has 1 N–H and O–H groups in total. The molecule has 0 aliphatic rings. The van der Waals surface area contributed by atoms with Crippen LogP contribution in [0.2, 0.25) is 0 Å². The Morgan fingerprint density at radius 2 is 2.36 bits per heavy atom. The lowest BCUT2D eigenvalue weighted by atomic mass is 10.2. The first-order valence-corrected chi connectivity index (χ1v) is 5.01. The molecule has 0 saturated carbocycles. The summed E-state index contributed by atoms with van der Waals surface area (Å²) in [5, 5.41) is 11.6. The zero-order valence-electron chi connectivity index (χ0n) is 7.64. The van der Waals surface area contributed by atoms with Gasteiger partial charge in [0.15, 0.2) is 0 Å². The topological polar surface area (TPSA) is 58.9 Å². The normalized spacial score (nSPS) is 10.4. The first-order valence-electron chi connectivity index (χ1n) is 4.13. The van der Waals surface area contributed by atoms with Crippen molar-refractivity contribution < 1.29 is 5.11 Å². The molecule has 0 unspecified atom stereocenters. The van der Waals surface area contributed by atoms with E-state index in [4.69, 9.17) is 5.11 Å². The van der Waals surface area contributed by atoms with Crippen molar-refractivity contribution in [3.63, 3.8) is 0 Å². The minimum atomic E-state index is -0.0246. The van der Waals surface area contributed by atoms with Crippen molar-refractivity contribution in [3.05, 3.63) is 29.3 Å². The number of aromatic nitrogens is 3. The predicted molar refractivity (Wildman–Crippen MR) is 53.8 cm³/mol. The average molecular weight is 207 g/mol. The van der Waals surface area contributed by atoms with Gasteiger partial charge in [-0.3, -0.25) is 0 Å². The molecule has 0 amide bonds. The fourth-order valence-electron chi connectivity index (χ4n) is 1.10. The van der Waals surface area contributed by atoms with E-state index in [-0.39, 0.29) is 6.61 Å². The van der Waals surface area contributed by atoms with Crippen LogP contribution < -0.4 is 0 Å². The van der Waals surface area contributed by atoms with Crippen molar-refractivity contribution in [2.24, 2.45) is 0 Å². The van der Waals surface area contributed by atoms with Crippen LogP contribution in [0.4, 0.5) is 0 Å². The first-order chi connectivity index (χ1) is 6.81. The summed E-state index contributed by atoms with van der Waals surface area (Å²) in [7, 11) is 0. The molecular weight excluding hydrogens is 198 g/mol. The first kappa shape index (κ1) is 9.23. The van der Waals surface area contributed by atoms with Gasteiger partial charge in [0.1, 0.15) is 11.3 Å². The Hall–Kier alpha value is -1.33. The van der Waals surface area contributed by atoms with Crippen LogP contribution in [0.25, 0.3) is 10.6 Å². The van der Waals surface area contributed by atoms with Gasteiger partial charge < -0.3 is 5.11 Å². The van der Waals surface area contributed by atoms with Gasteiger partial charge in [-0.2, -0.15) is 0 Å². The van der Waals surface area contributed by atoms with Gasteiger partial charge in [0.2, 0.25) is 0 Å². The molecule has 0 radical (unpaired) electrons. The van der Waals surface area contributed by atoms with Crippen LogP contribution in [0, 0.1) is 6.92 Å². The summed E-state index contributed by atoms with van der Waals surface area (Å²) in [6.07, 6.45) is 3.25. The van der Waals surface area contributed by atoms with Crippen LogP contribution in [0.5, 0.6) is 0 Å². The average Bonchev–Trinajstić information content (AvgIpc) is 2.67. The maximum atomic E-state index is 8.88. The number of rotatable bonds is 2. The molecule has 4 nitrogen and oxygen atoms in total. The summed E-state index contributed by atoms with van der Waals surface area (Å²) in [6.45, 7) is 1.89.